The first kappa shape index (κ1) is 15.2. The van der Waals surface area contributed by atoms with Gasteiger partial charge in [0.05, 0.1) is 32.2 Å². The molecule has 4 saturated heterocycles. The van der Waals surface area contributed by atoms with Crippen molar-refractivity contribution in [2.24, 2.45) is 17.3 Å². The highest BCUT2D eigenvalue weighted by Crippen LogP contribution is 2.49. The van der Waals surface area contributed by atoms with Gasteiger partial charge in [0.1, 0.15) is 17.5 Å². The molecule has 5 rings (SSSR count). The van der Waals surface area contributed by atoms with Gasteiger partial charge in [-0.3, -0.25) is 0 Å². The molecule has 7 atom stereocenters. The van der Waals surface area contributed by atoms with Gasteiger partial charge >= 0.3 is 0 Å². The minimum Gasteiger partial charge on any atom is -0.343 e. The van der Waals surface area contributed by atoms with Gasteiger partial charge in [0, 0.05) is 18.3 Å². The first-order valence-electron chi connectivity index (χ1n) is 10.9. The highest BCUT2D eigenvalue weighted by Gasteiger charge is 2.64. The van der Waals surface area contributed by atoms with E-state index >= 15 is 0 Å². The molecule has 0 radical (unpaired) electrons. The van der Waals surface area contributed by atoms with Crippen molar-refractivity contribution >= 4 is 0 Å². The molecule has 130 valence electrons. The van der Waals surface area contributed by atoms with Gasteiger partial charge in [0.25, 0.3) is 0 Å². The molecule has 4 heterocycles. The first-order valence-corrected chi connectivity index (χ1v) is 10.9. The predicted octanol–water partition coefficient (Wildman–Crippen LogP) is -0.708. The molecule has 3 heteroatoms. The molecular formula is C20H38N3+3. The molecule has 3 nitrogen and oxygen atoms in total. The molecule has 23 heavy (non-hydrogen) atoms. The molecule has 0 aromatic heterocycles. The maximum absolute atomic E-state index is 2.83. The van der Waals surface area contributed by atoms with Gasteiger partial charge < -0.3 is 15.5 Å². The zero-order chi connectivity index (χ0) is 15.3. The summed E-state index contributed by atoms with van der Waals surface area (Å²) in [4.78, 5) is 2.05. The Morgan fingerprint density at radius 3 is 2.65 bits per heavy atom. The second-order valence-electron chi connectivity index (χ2n) is 9.70. The Labute approximate surface area is 142 Å². The molecule has 0 spiro atoms. The molecule has 1 unspecified atom stereocenters. The van der Waals surface area contributed by atoms with Crippen LogP contribution in [-0.2, 0) is 0 Å². The van der Waals surface area contributed by atoms with Gasteiger partial charge in [-0.1, -0.05) is 0 Å². The first-order chi connectivity index (χ1) is 11.4. The standard InChI is InChI=1S/C20H35N3/c1-3-9-21-18(8-1)20-13-16(12-15-6-5-10-22-19(15)20)17-7-2-4-11-23(17)14-20/h15-19,21-22H,1-14H2/p+3/t15-,16-,17-,18+,19-,20+/m1/s1. The van der Waals surface area contributed by atoms with Crippen LogP contribution < -0.4 is 15.5 Å². The maximum atomic E-state index is 2.83. The number of piperidine rings is 4. The fourth-order valence-corrected chi connectivity index (χ4v) is 7.93. The number of fused-ring (bicyclic) bond motifs is 6. The molecule has 1 aliphatic carbocycles. The monoisotopic (exact) mass is 320 g/mol. The van der Waals surface area contributed by atoms with Crippen molar-refractivity contribution in [2.75, 3.05) is 26.2 Å². The van der Waals surface area contributed by atoms with Crippen molar-refractivity contribution < 1.29 is 15.5 Å². The van der Waals surface area contributed by atoms with Crippen LogP contribution in [0.5, 0.6) is 0 Å². The number of hydrogen-bond donors (Lipinski definition) is 3. The van der Waals surface area contributed by atoms with E-state index in [1.165, 1.54) is 64.7 Å². The minimum atomic E-state index is 0.678. The Morgan fingerprint density at radius 2 is 1.74 bits per heavy atom. The van der Waals surface area contributed by atoms with Crippen LogP contribution in [0.25, 0.3) is 0 Å². The van der Waals surface area contributed by atoms with E-state index < -0.39 is 0 Å². The Hall–Kier alpha value is -0.120. The van der Waals surface area contributed by atoms with E-state index in [-0.39, 0.29) is 0 Å². The van der Waals surface area contributed by atoms with Gasteiger partial charge in [0.15, 0.2) is 0 Å². The third kappa shape index (κ3) is 2.41. The summed E-state index contributed by atoms with van der Waals surface area (Å²) in [6.45, 7) is 5.85. The number of rotatable bonds is 1. The third-order valence-electron chi connectivity index (χ3n) is 8.69. The van der Waals surface area contributed by atoms with Gasteiger partial charge in [-0.15, -0.1) is 0 Å². The zero-order valence-electron chi connectivity index (χ0n) is 14.9. The van der Waals surface area contributed by atoms with Crippen LogP contribution in [-0.4, -0.2) is 44.3 Å². The van der Waals surface area contributed by atoms with Crippen molar-refractivity contribution in [3.8, 4) is 0 Å². The van der Waals surface area contributed by atoms with E-state index in [1.54, 1.807) is 25.7 Å². The molecule has 0 aromatic rings. The van der Waals surface area contributed by atoms with Crippen LogP contribution >= 0.6 is 0 Å². The number of nitrogens with one attached hydrogen (secondary N) is 1. The van der Waals surface area contributed by atoms with Crippen molar-refractivity contribution in [1.29, 1.82) is 0 Å². The van der Waals surface area contributed by atoms with E-state index in [0.29, 0.717) is 5.41 Å². The Morgan fingerprint density at radius 1 is 0.826 bits per heavy atom. The summed E-state index contributed by atoms with van der Waals surface area (Å²) in [5.74, 6) is 2.13. The quantitative estimate of drug-likeness (QED) is 0.571. The van der Waals surface area contributed by atoms with Gasteiger partial charge in [-0.25, -0.2) is 0 Å². The lowest BCUT2D eigenvalue weighted by atomic mass is 9.52. The van der Waals surface area contributed by atoms with Crippen molar-refractivity contribution in [3.63, 3.8) is 0 Å². The lowest BCUT2D eigenvalue weighted by Crippen LogP contribution is -3.22. The van der Waals surface area contributed by atoms with Crippen LogP contribution in [0.1, 0.15) is 64.2 Å². The summed E-state index contributed by atoms with van der Waals surface area (Å²) in [5.41, 5.74) is 0.678. The van der Waals surface area contributed by atoms with Crippen LogP contribution in [0.4, 0.5) is 0 Å². The fourth-order valence-electron chi connectivity index (χ4n) is 7.93. The topological polar surface area (TPSA) is 37.7 Å². The number of hydrogen-bond acceptors (Lipinski definition) is 0. The molecule has 1 saturated carbocycles. The summed E-state index contributed by atoms with van der Waals surface area (Å²) in [6, 6.07) is 2.97. The molecule has 5 fully saturated rings. The van der Waals surface area contributed by atoms with Crippen LogP contribution in [0.15, 0.2) is 0 Å². The maximum Gasteiger partial charge on any atom is 0.123 e. The smallest absolute Gasteiger partial charge is 0.123 e. The molecule has 2 bridgehead atoms. The molecule has 0 aromatic carbocycles. The summed E-state index contributed by atoms with van der Waals surface area (Å²) in [7, 11) is 0. The zero-order valence-corrected chi connectivity index (χ0v) is 14.9. The van der Waals surface area contributed by atoms with E-state index in [1.807, 2.05) is 4.90 Å². The largest absolute Gasteiger partial charge is 0.343 e. The Balaban J connectivity index is 1.50. The van der Waals surface area contributed by atoms with E-state index in [2.05, 4.69) is 10.6 Å². The molecular weight excluding hydrogens is 282 g/mol. The average Bonchev–Trinajstić information content (AvgIpc) is 2.63. The average molecular weight is 321 g/mol. The van der Waals surface area contributed by atoms with Crippen LogP contribution in [0.3, 0.4) is 0 Å². The lowest BCUT2D eigenvalue weighted by molar-refractivity contribution is -0.958. The number of quaternary nitrogens is 3. The molecule has 0 amide bonds. The molecule has 4 aliphatic heterocycles. The second-order valence-corrected chi connectivity index (χ2v) is 9.70. The van der Waals surface area contributed by atoms with Gasteiger partial charge in [-0.05, 0) is 57.8 Å². The van der Waals surface area contributed by atoms with Crippen LogP contribution in [0.2, 0.25) is 0 Å². The summed E-state index contributed by atoms with van der Waals surface area (Å²) in [5, 5.41) is 5.63. The number of nitrogens with two attached hydrogens (primary N) is 2. The summed E-state index contributed by atoms with van der Waals surface area (Å²) < 4.78 is 0. The SMILES string of the molecule is C1CC[C@@H]([C@@]23C[C@@H](C[C@H]4CCC[NH2+][C@H]42)[C@H]2CCCC[NH+]2C3)[NH2+]C1. The van der Waals surface area contributed by atoms with E-state index in [4.69, 9.17) is 0 Å². The molecule has 5 N–H and O–H groups in total. The Kier molecular flexibility index (Phi) is 3.95. The minimum absolute atomic E-state index is 0.678. The summed E-state index contributed by atoms with van der Waals surface area (Å²) in [6.07, 6.45) is 15.3. The van der Waals surface area contributed by atoms with Crippen LogP contribution in [0, 0.1) is 17.3 Å². The van der Waals surface area contributed by atoms with E-state index in [0.717, 1.165) is 30.0 Å². The Bertz CT molecular complexity index is 431. The van der Waals surface area contributed by atoms with Crippen molar-refractivity contribution in [3.05, 3.63) is 0 Å². The lowest BCUT2D eigenvalue weighted by Gasteiger charge is -2.59. The third-order valence-corrected chi connectivity index (χ3v) is 8.69. The second kappa shape index (κ2) is 6.00. The van der Waals surface area contributed by atoms with Crippen molar-refractivity contribution in [1.82, 2.24) is 0 Å². The highest BCUT2D eigenvalue weighted by atomic mass is 15.2. The van der Waals surface area contributed by atoms with Gasteiger partial charge in [0.2, 0.25) is 0 Å². The highest BCUT2D eigenvalue weighted by molar-refractivity contribution is 5.04. The van der Waals surface area contributed by atoms with Crippen molar-refractivity contribution in [2.45, 2.75) is 82.3 Å². The summed E-state index contributed by atoms with van der Waals surface area (Å²) >= 11 is 0. The fraction of sp³-hybridized carbons (Fsp3) is 1.00. The van der Waals surface area contributed by atoms with E-state index in [9.17, 15) is 0 Å². The normalized spacial score (nSPS) is 53.2. The predicted molar refractivity (Wildman–Crippen MR) is 91.2 cm³/mol. The molecule has 5 aliphatic rings. The van der Waals surface area contributed by atoms with Gasteiger partial charge in [-0.2, -0.15) is 0 Å².